The Kier molecular flexibility index (Phi) is 16.9. The molecule has 13 nitrogen and oxygen atoms in total. The zero-order chi connectivity index (χ0) is 44.7. The van der Waals surface area contributed by atoms with Crippen molar-refractivity contribution in [3.8, 4) is 12.3 Å². The van der Waals surface area contributed by atoms with Gasteiger partial charge in [-0.3, -0.25) is 14.7 Å². The molecule has 11 aliphatic rings. The predicted octanol–water partition coefficient (Wildman–Crippen LogP) is 4.56. The molecule has 14 heterocycles. The van der Waals surface area contributed by atoms with Crippen LogP contribution in [0.25, 0.3) is 0 Å². The van der Waals surface area contributed by atoms with Gasteiger partial charge in [0.25, 0.3) is 0 Å². The van der Waals surface area contributed by atoms with Crippen LogP contribution >= 0.6 is 22.6 Å². The number of hydrogen-bond donors (Lipinski definition) is 1. The highest BCUT2D eigenvalue weighted by Gasteiger charge is 2.51. The molecule has 11 aliphatic heterocycles. The first-order valence-electron chi connectivity index (χ1n) is 21.5. The van der Waals surface area contributed by atoms with E-state index in [0.29, 0.717) is 36.3 Å². The van der Waals surface area contributed by atoms with Crippen molar-refractivity contribution in [3.05, 3.63) is 75.6 Å². The van der Waals surface area contributed by atoms with E-state index in [1.54, 1.807) is 12.3 Å². The summed E-state index contributed by atoms with van der Waals surface area (Å²) in [6, 6.07) is 16.2. The Bertz CT molecular complexity index is 2050. The van der Waals surface area contributed by atoms with Crippen molar-refractivity contribution < 1.29 is 23.4 Å². The summed E-state index contributed by atoms with van der Waals surface area (Å²) in [6.07, 6.45) is 14.3. The van der Waals surface area contributed by atoms with Gasteiger partial charge in [0.05, 0.1) is 38.5 Å². The molecule has 6 atom stereocenters. The number of aromatic nitrogens is 3. The number of carbonyl (C=O) groups excluding carboxylic acids is 1. The van der Waals surface area contributed by atoms with E-state index < -0.39 is 5.95 Å². The molecular weight excluding hydrogens is 993 g/mol. The van der Waals surface area contributed by atoms with Crippen LogP contribution in [-0.4, -0.2) is 155 Å². The minimum absolute atomic E-state index is 0.153. The fraction of sp³-hybridized carbons (Fsp3) is 0.591. The number of nitrogens with one attached hydrogen (secondary N) is 1. The second-order valence-corrected chi connectivity index (χ2v) is 22.7. The number of rotatable bonds is 4. The van der Waals surface area contributed by atoms with Crippen LogP contribution in [0.3, 0.4) is 0 Å². The molecule has 0 radical (unpaired) electrons. The molecule has 0 saturated carbocycles. The first kappa shape index (κ1) is 48.2. The van der Waals surface area contributed by atoms with Gasteiger partial charge in [-0.25, -0.2) is 19.7 Å². The maximum atomic E-state index is 12.0. The van der Waals surface area contributed by atoms with Gasteiger partial charge in [0.1, 0.15) is 17.2 Å². The number of aryl methyl sites for hydroxylation is 1. The molecule has 0 aliphatic carbocycles. The molecule has 3 aromatic heterocycles. The minimum atomic E-state index is -0.421. The van der Waals surface area contributed by atoms with Crippen LogP contribution in [0.5, 0.6) is 0 Å². The smallest absolute Gasteiger partial charge is 0.410 e. The van der Waals surface area contributed by atoms with Crippen molar-refractivity contribution in [1.29, 1.82) is 0 Å². The Morgan fingerprint density at radius 2 is 1.29 bits per heavy atom. The Labute approximate surface area is 400 Å². The van der Waals surface area contributed by atoms with E-state index in [1.165, 1.54) is 46.4 Å². The van der Waals surface area contributed by atoms with E-state index in [9.17, 15) is 9.18 Å². The summed E-state index contributed by atoms with van der Waals surface area (Å²) in [5, 5.41) is 3.28. The lowest BCUT2D eigenvalue weighted by atomic mass is 9.85. The number of terminal acetylenes is 1. The Morgan fingerprint density at radius 3 is 1.63 bits per heavy atom. The lowest BCUT2D eigenvalue weighted by Gasteiger charge is -2.60. The SMILES string of the molecule is C#Cc1ccc(N2CC3CC(C2)N3C2COC2)nc1.CC(C)(C)OC(=O)N1C2CNCC1C2.Cc1ccc(F)nc1.Ic1ccc(N2CC3CC(C2)N3C2COC2)nc1.S=S=S=S. The van der Waals surface area contributed by atoms with Gasteiger partial charge in [-0.05, 0) is 105 Å². The van der Waals surface area contributed by atoms with Gasteiger partial charge in [-0.15, -0.1) is 6.42 Å². The molecule has 0 spiro atoms. The lowest BCUT2D eigenvalue weighted by molar-refractivity contribution is -0.141. The minimum Gasteiger partial charge on any atom is -0.444 e. The molecule has 0 aromatic carbocycles. The summed E-state index contributed by atoms with van der Waals surface area (Å²) in [6.45, 7) is 17.5. The van der Waals surface area contributed by atoms with Gasteiger partial charge in [0, 0.05) is 143 Å². The Balaban J connectivity index is 0.000000127. The van der Waals surface area contributed by atoms with E-state index in [2.05, 4.69) is 103 Å². The van der Waals surface area contributed by atoms with Gasteiger partial charge in [-0.1, -0.05) is 12.0 Å². The number of carbonyl (C=O) groups is 1. The topological polar surface area (TPSA) is 112 Å². The molecular formula is C44H57FIN9O4S4. The molecule has 1 N–H and O–H groups in total. The number of hydrogen-bond acceptors (Lipinski definition) is 14. The summed E-state index contributed by atoms with van der Waals surface area (Å²) in [5.41, 5.74) is 1.44. The number of pyridine rings is 3. The van der Waals surface area contributed by atoms with Crippen molar-refractivity contribution in [3.63, 3.8) is 0 Å². The number of piperidine rings is 3. The lowest BCUT2D eigenvalue weighted by Crippen LogP contribution is -2.74. The van der Waals surface area contributed by atoms with Gasteiger partial charge >= 0.3 is 6.09 Å². The van der Waals surface area contributed by atoms with E-state index in [1.807, 2.05) is 50.9 Å². The summed E-state index contributed by atoms with van der Waals surface area (Å²) < 4.78 is 29.1. The summed E-state index contributed by atoms with van der Waals surface area (Å²) >= 11 is 11.0. The highest BCUT2D eigenvalue weighted by atomic mass is 127. The number of ether oxygens (including phenoxy) is 3. The van der Waals surface area contributed by atoms with Crippen molar-refractivity contribution in [2.45, 2.75) is 101 Å². The normalized spacial score (nSPS) is 26.7. The highest BCUT2D eigenvalue weighted by molar-refractivity contribution is 14.1. The fourth-order valence-corrected chi connectivity index (χ4v) is 9.71. The Hall–Kier alpha value is -2.78. The summed E-state index contributed by atoms with van der Waals surface area (Å²) in [4.78, 5) is 36.2. The summed E-state index contributed by atoms with van der Waals surface area (Å²) in [5.74, 6) is 4.38. The first-order valence-corrected chi connectivity index (χ1v) is 26.5. The third-order valence-electron chi connectivity index (χ3n) is 12.5. The maximum absolute atomic E-state index is 12.0. The van der Waals surface area contributed by atoms with Crippen molar-refractivity contribution in [2.75, 3.05) is 75.5 Å². The molecule has 1 amide bonds. The van der Waals surface area contributed by atoms with Crippen LogP contribution in [-0.2, 0) is 54.3 Å². The molecule has 11 saturated heterocycles. The van der Waals surface area contributed by atoms with E-state index >= 15 is 0 Å². The first-order chi connectivity index (χ1) is 30.3. The monoisotopic (exact) mass is 1050 g/mol. The third kappa shape index (κ3) is 12.4. The maximum Gasteiger partial charge on any atom is 0.410 e. The highest BCUT2D eigenvalue weighted by Crippen LogP contribution is 2.39. The average Bonchev–Trinajstić information content (AvgIpc) is 3.25. The van der Waals surface area contributed by atoms with Crippen LogP contribution in [0.4, 0.5) is 20.8 Å². The zero-order valence-corrected chi connectivity index (χ0v) is 41.6. The number of fused-ring (bicyclic) bond motifs is 6. The predicted molar refractivity (Wildman–Crippen MR) is 262 cm³/mol. The molecule has 63 heavy (non-hydrogen) atoms. The quantitative estimate of drug-likeness (QED) is 0.224. The van der Waals surface area contributed by atoms with Crippen molar-refractivity contribution >= 4 is 80.5 Å². The fourth-order valence-electron chi connectivity index (χ4n) is 9.39. The number of amides is 1. The van der Waals surface area contributed by atoms with Crippen molar-refractivity contribution in [1.82, 2.24) is 35.0 Å². The summed E-state index contributed by atoms with van der Waals surface area (Å²) in [7, 11) is 2.34. The second kappa shape index (κ2) is 22.1. The molecule has 19 heteroatoms. The second-order valence-electron chi connectivity index (χ2n) is 17.9. The largest absolute Gasteiger partial charge is 0.444 e. The average molecular weight is 1050 g/mol. The number of piperazine rings is 3. The van der Waals surface area contributed by atoms with Crippen LogP contribution in [0.1, 0.15) is 51.2 Å². The molecule has 6 unspecified atom stereocenters. The van der Waals surface area contributed by atoms with Crippen molar-refractivity contribution in [2.24, 2.45) is 0 Å². The number of halogens is 2. The number of anilines is 2. The Morgan fingerprint density at radius 1 is 0.778 bits per heavy atom. The van der Waals surface area contributed by atoms with Gasteiger partial charge in [-0.2, -0.15) is 4.39 Å². The van der Waals surface area contributed by atoms with Gasteiger partial charge in [0.2, 0.25) is 5.95 Å². The molecule has 340 valence electrons. The molecule has 3 aromatic rings. The number of nitrogens with zero attached hydrogens (tertiary/aromatic N) is 8. The zero-order valence-electron chi connectivity index (χ0n) is 36.2. The van der Waals surface area contributed by atoms with Crippen LogP contribution in [0.15, 0.2) is 55.0 Å². The van der Waals surface area contributed by atoms with Gasteiger partial charge < -0.3 is 29.3 Å². The van der Waals surface area contributed by atoms with Gasteiger partial charge in [0.15, 0.2) is 0 Å². The van der Waals surface area contributed by atoms with E-state index in [-0.39, 0.29) is 11.7 Å². The standard InChI is InChI=1S/C15H17N3O.C13H16IN3O.C10H18N2O2.C6H6FN.S4/c1-2-11-3-4-15(16-6-11)17-7-12-5-13(8-17)18(12)14-9-19-10-14;14-9-1-2-13(15-4-9)16-5-10-3-11(6-16)17(10)12-7-18-8-12;1-10(2,3)14-9(13)12-7-4-8(12)6-11-5-7;1-5-2-3-6(7)8-4-5;1-3-4-2/h1,3-4,6,12-14H,5,7-10H2;1-2,4,10-12H,3,5-8H2;7-8,11H,4-6H2,1-3H3;2-4H,1H3;. The van der Waals surface area contributed by atoms with Crippen LogP contribution in [0.2, 0.25) is 0 Å². The van der Waals surface area contributed by atoms with Crippen LogP contribution in [0, 0.1) is 28.8 Å². The van der Waals surface area contributed by atoms with E-state index in [4.69, 9.17) is 20.6 Å². The van der Waals surface area contributed by atoms with E-state index in [0.717, 1.165) is 107 Å². The van der Waals surface area contributed by atoms with Crippen LogP contribution < -0.4 is 15.1 Å². The molecule has 6 bridgehead atoms. The molecule has 14 rings (SSSR count). The third-order valence-corrected chi connectivity index (χ3v) is 15.3. The molecule has 11 fully saturated rings.